The van der Waals surface area contributed by atoms with Crippen LogP contribution in [0.2, 0.25) is 5.02 Å². The molecule has 4 heteroatoms. The predicted octanol–water partition coefficient (Wildman–Crippen LogP) is 2.92. The van der Waals surface area contributed by atoms with Gasteiger partial charge in [0.15, 0.2) is 5.78 Å². The highest BCUT2D eigenvalue weighted by Gasteiger charge is 2.40. The van der Waals surface area contributed by atoms with Gasteiger partial charge in [0.25, 0.3) is 5.91 Å². The van der Waals surface area contributed by atoms with Crippen molar-refractivity contribution >= 4 is 23.3 Å². The predicted molar refractivity (Wildman–Crippen MR) is 70.8 cm³/mol. The Kier molecular flexibility index (Phi) is 3.44. The molecule has 0 atom stereocenters. The van der Waals surface area contributed by atoms with E-state index in [2.05, 4.69) is 0 Å². The highest BCUT2D eigenvalue weighted by molar-refractivity contribution is 6.31. The van der Waals surface area contributed by atoms with Crippen LogP contribution in [0, 0.1) is 0 Å². The first-order valence-electron chi connectivity index (χ1n) is 6.04. The summed E-state index contributed by atoms with van der Waals surface area (Å²) >= 11 is 5.89. The number of piperidine rings is 1. The summed E-state index contributed by atoms with van der Waals surface area (Å²) in [7, 11) is 0. The lowest BCUT2D eigenvalue weighted by molar-refractivity contribution is -0.130. The van der Waals surface area contributed by atoms with Crippen LogP contribution in [0.5, 0.6) is 0 Å². The Morgan fingerprint density at radius 3 is 2.78 bits per heavy atom. The standard InChI is InChI=1S/C14H16ClNO2/c1-14(2)12(17)7-4-8-16(14)13(18)10-5-3-6-11(15)9-10/h3,5-6,9H,4,7-8H2,1-2H3. The molecule has 18 heavy (non-hydrogen) atoms. The molecule has 1 amide bonds. The van der Waals surface area contributed by atoms with E-state index in [4.69, 9.17) is 11.6 Å². The van der Waals surface area contributed by atoms with Gasteiger partial charge in [0.2, 0.25) is 0 Å². The quantitative estimate of drug-likeness (QED) is 0.783. The summed E-state index contributed by atoms with van der Waals surface area (Å²) in [6.07, 6.45) is 1.28. The van der Waals surface area contributed by atoms with Crippen molar-refractivity contribution in [2.45, 2.75) is 32.2 Å². The topological polar surface area (TPSA) is 37.4 Å². The number of amides is 1. The van der Waals surface area contributed by atoms with Gasteiger partial charge in [-0.15, -0.1) is 0 Å². The molecule has 1 aliphatic rings. The number of nitrogens with zero attached hydrogens (tertiary/aromatic N) is 1. The Hall–Kier alpha value is -1.35. The van der Waals surface area contributed by atoms with Gasteiger partial charge in [0.1, 0.15) is 0 Å². The largest absolute Gasteiger partial charge is 0.326 e. The van der Waals surface area contributed by atoms with Gasteiger partial charge in [0, 0.05) is 23.6 Å². The first-order valence-corrected chi connectivity index (χ1v) is 6.41. The maximum atomic E-state index is 12.4. The number of halogens is 1. The number of carbonyl (C=O) groups excluding carboxylic acids is 2. The zero-order chi connectivity index (χ0) is 13.3. The fourth-order valence-corrected chi connectivity index (χ4v) is 2.46. The lowest BCUT2D eigenvalue weighted by atomic mass is 9.88. The van der Waals surface area contributed by atoms with E-state index in [0.29, 0.717) is 23.6 Å². The average molecular weight is 266 g/mol. The molecule has 1 fully saturated rings. The van der Waals surface area contributed by atoms with Gasteiger partial charge in [-0.2, -0.15) is 0 Å². The van der Waals surface area contributed by atoms with E-state index in [0.717, 1.165) is 6.42 Å². The first kappa shape index (κ1) is 13.1. The van der Waals surface area contributed by atoms with Gasteiger partial charge in [-0.25, -0.2) is 0 Å². The van der Waals surface area contributed by atoms with Crippen molar-refractivity contribution in [1.29, 1.82) is 0 Å². The van der Waals surface area contributed by atoms with E-state index in [1.54, 1.807) is 43.0 Å². The highest BCUT2D eigenvalue weighted by atomic mass is 35.5. The molecule has 3 nitrogen and oxygen atoms in total. The van der Waals surface area contributed by atoms with E-state index in [-0.39, 0.29) is 11.7 Å². The van der Waals surface area contributed by atoms with Crippen LogP contribution in [-0.4, -0.2) is 28.7 Å². The summed E-state index contributed by atoms with van der Waals surface area (Å²) in [5.74, 6) is -0.0142. The number of hydrogen-bond acceptors (Lipinski definition) is 2. The van der Waals surface area contributed by atoms with Gasteiger partial charge in [-0.1, -0.05) is 17.7 Å². The zero-order valence-electron chi connectivity index (χ0n) is 10.6. The Balaban J connectivity index is 2.31. The van der Waals surface area contributed by atoms with Crippen molar-refractivity contribution in [1.82, 2.24) is 4.90 Å². The molecule has 96 valence electrons. The van der Waals surface area contributed by atoms with Crippen LogP contribution in [0.1, 0.15) is 37.0 Å². The molecule has 0 N–H and O–H groups in total. The Morgan fingerprint density at radius 1 is 1.39 bits per heavy atom. The second kappa shape index (κ2) is 4.73. The van der Waals surface area contributed by atoms with Crippen LogP contribution in [0.15, 0.2) is 24.3 Å². The smallest absolute Gasteiger partial charge is 0.254 e. The lowest BCUT2D eigenvalue weighted by Crippen LogP contribution is -2.56. The Morgan fingerprint density at radius 2 is 2.11 bits per heavy atom. The number of hydrogen-bond donors (Lipinski definition) is 0. The molecular weight excluding hydrogens is 250 g/mol. The molecular formula is C14H16ClNO2. The first-order chi connectivity index (χ1) is 8.43. The van der Waals surface area contributed by atoms with Crippen LogP contribution in [-0.2, 0) is 4.79 Å². The number of benzene rings is 1. The maximum Gasteiger partial charge on any atom is 0.254 e. The normalized spacial score (nSPS) is 18.8. The molecule has 0 unspecified atom stereocenters. The molecule has 1 aliphatic heterocycles. The highest BCUT2D eigenvalue weighted by Crippen LogP contribution is 2.26. The average Bonchev–Trinajstić information content (AvgIpc) is 2.32. The summed E-state index contributed by atoms with van der Waals surface area (Å²) < 4.78 is 0. The van der Waals surface area contributed by atoms with Crippen LogP contribution in [0.4, 0.5) is 0 Å². The fourth-order valence-electron chi connectivity index (χ4n) is 2.27. The third-order valence-corrected chi connectivity index (χ3v) is 3.69. The molecule has 0 radical (unpaired) electrons. The minimum absolute atomic E-state index is 0.115. The number of ketones is 1. The molecule has 1 heterocycles. The molecule has 0 spiro atoms. The van der Waals surface area contributed by atoms with Crippen LogP contribution < -0.4 is 0 Å². The van der Waals surface area contributed by atoms with E-state index in [1.165, 1.54) is 0 Å². The molecule has 0 saturated carbocycles. The Bertz CT molecular complexity index is 496. The number of likely N-dealkylation sites (tertiary alicyclic amines) is 1. The minimum Gasteiger partial charge on any atom is -0.326 e. The minimum atomic E-state index is -0.725. The monoisotopic (exact) mass is 265 g/mol. The number of Topliss-reactive ketones (excluding diaryl/α,β-unsaturated/α-hetero) is 1. The van der Waals surface area contributed by atoms with Gasteiger partial charge >= 0.3 is 0 Å². The summed E-state index contributed by atoms with van der Waals surface area (Å²) in [6, 6.07) is 6.83. The zero-order valence-corrected chi connectivity index (χ0v) is 11.3. The lowest BCUT2D eigenvalue weighted by Gasteiger charge is -2.41. The number of carbonyl (C=O) groups is 2. The van der Waals surface area contributed by atoms with Crippen molar-refractivity contribution in [3.05, 3.63) is 34.9 Å². The second-order valence-electron chi connectivity index (χ2n) is 5.05. The van der Waals surface area contributed by atoms with E-state index >= 15 is 0 Å². The molecule has 0 aliphatic carbocycles. The SMILES string of the molecule is CC1(C)C(=O)CCCN1C(=O)c1cccc(Cl)c1. The van der Waals surface area contributed by atoms with Crippen molar-refractivity contribution < 1.29 is 9.59 Å². The van der Waals surface area contributed by atoms with Crippen molar-refractivity contribution in [3.8, 4) is 0 Å². The van der Waals surface area contributed by atoms with Crippen molar-refractivity contribution in [2.75, 3.05) is 6.54 Å². The molecule has 2 rings (SSSR count). The summed E-state index contributed by atoms with van der Waals surface area (Å²) in [5.41, 5.74) is -0.192. The fraction of sp³-hybridized carbons (Fsp3) is 0.429. The van der Waals surface area contributed by atoms with E-state index in [1.807, 2.05) is 0 Å². The third kappa shape index (κ3) is 2.27. The summed E-state index contributed by atoms with van der Waals surface area (Å²) in [4.78, 5) is 26.0. The van der Waals surface area contributed by atoms with Gasteiger partial charge in [0.05, 0.1) is 5.54 Å². The summed E-state index contributed by atoms with van der Waals surface area (Å²) in [6.45, 7) is 4.22. The van der Waals surface area contributed by atoms with Crippen molar-refractivity contribution in [3.63, 3.8) is 0 Å². The van der Waals surface area contributed by atoms with Crippen LogP contribution >= 0.6 is 11.6 Å². The van der Waals surface area contributed by atoms with E-state index in [9.17, 15) is 9.59 Å². The van der Waals surface area contributed by atoms with Gasteiger partial charge in [-0.05, 0) is 38.5 Å². The van der Waals surface area contributed by atoms with Gasteiger partial charge in [-0.3, -0.25) is 9.59 Å². The van der Waals surface area contributed by atoms with Crippen molar-refractivity contribution in [2.24, 2.45) is 0 Å². The molecule has 1 aromatic rings. The Labute approximate surface area is 112 Å². The molecule has 1 saturated heterocycles. The molecule has 1 aromatic carbocycles. The third-order valence-electron chi connectivity index (χ3n) is 3.46. The molecule has 0 bridgehead atoms. The second-order valence-corrected chi connectivity index (χ2v) is 5.49. The van der Waals surface area contributed by atoms with Gasteiger partial charge < -0.3 is 4.90 Å². The van der Waals surface area contributed by atoms with Crippen LogP contribution in [0.25, 0.3) is 0 Å². The summed E-state index contributed by atoms with van der Waals surface area (Å²) in [5, 5.41) is 0.530. The van der Waals surface area contributed by atoms with E-state index < -0.39 is 5.54 Å². The number of rotatable bonds is 1. The maximum absolute atomic E-state index is 12.4. The van der Waals surface area contributed by atoms with Crippen LogP contribution in [0.3, 0.4) is 0 Å². The molecule has 0 aromatic heterocycles.